The Kier molecular flexibility index (Phi) is 8.32. The highest BCUT2D eigenvalue weighted by Crippen LogP contribution is 2.38. The standard InChI is InChI=1S/C25H34N2.C2H6/c1-19-21(8-9-24-17-20(18-26)7-10-25(19)24)11-14-27-15-12-23(13-16-27)22-5-3-2-4-6-22;1-2/h2-7,10,17,19,21,23H,8-9,11-16,18,26H2,1H3;1-2H3. The lowest BCUT2D eigenvalue weighted by atomic mass is 9.74. The van der Waals surface area contributed by atoms with E-state index in [4.69, 9.17) is 5.73 Å². The molecular weight excluding hydrogens is 352 g/mol. The monoisotopic (exact) mass is 392 g/mol. The Morgan fingerprint density at radius 2 is 1.69 bits per heavy atom. The van der Waals surface area contributed by atoms with Gasteiger partial charge in [0.25, 0.3) is 0 Å². The van der Waals surface area contributed by atoms with Crippen LogP contribution in [0.15, 0.2) is 48.5 Å². The van der Waals surface area contributed by atoms with Crippen molar-refractivity contribution in [1.82, 2.24) is 4.90 Å². The van der Waals surface area contributed by atoms with Crippen LogP contribution in [-0.2, 0) is 13.0 Å². The molecule has 158 valence electrons. The van der Waals surface area contributed by atoms with Gasteiger partial charge >= 0.3 is 0 Å². The average molecular weight is 393 g/mol. The number of fused-ring (bicyclic) bond motifs is 1. The van der Waals surface area contributed by atoms with Crippen LogP contribution in [0.1, 0.15) is 80.5 Å². The predicted molar refractivity (Wildman–Crippen MR) is 125 cm³/mol. The van der Waals surface area contributed by atoms with Crippen LogP contribution >= 0.6 is 0 Å². The molecule has 1 fully saturated rings. The van der Waals surface area contributed by atoms with Gasteiger partial charge < -0.3 is 10.6 Å². The van der Waals surface area contributed by atoms with E-state index >= 15 is 0 Å². The zero-order valence-electron chi connectivity index (χ0n) is 18.7. The van der Waals surface area contributed by atoms with E-state index in [1.807, 2.05) is 13.8 Å². The van der Waals surface area contributed by atoms with Crippen molar-refractivity contribution < 1.29 is 0 Å². The molecule has 0 bridgehead atoms. The van der Waals surface area contributed by atoms with Crippen LogP contribution in [0.4, 0.5) is 0 Å². The minimum Gasteiger partial charge on any atom is -0.326 e. The van der Waals surface area contributed by atoms with Gasteiger partial charge in [0, 0.05) is 6.54 Å². The van der Waals surface area contributed by atoms with Crippen LogP contribution in [0.5, 0.6) is 0 Å². The molecule has 4 rings (SSSR count). The van der Waals surface area contributed by atoms with Gasteiger partial charge in [-0.1, -0.05) is 69.3 Å². The SMILES string of the molecule is CC.CC1c2ccc(CN)cc2CCC1CCN1CCC(c2ccccc2)CC1. The third-order valence-corrected chi connectivity index (χ3v) is 7.10. The molecule has 0 amide bonds. The van der Waals surface area contributed by atoms with Gasteiger partial charge in [-0.2, -0.15) is 0 Å². The number of aryl methyl sites for hydroxylation is 1. The lowest BCUT2D eigenvalue weighted by Crippen LogP contribution is -2.35. The minimum atomic E-state index is 0.657. The molecule has 1 saturated heterocycles. The van der Waals surface area contributed by atoms with E-state index in [0.29, 0.717) is 12.5 Å². The average Bonchev–Trinajstić information content (AvgIpc) is 2.80. The molecule has 2 aliphatic rings. The molecule has 1 aliphatic carbocycles. The molecule has 1 aliphatic heterocycles. The minimum absolute atomic E-state index is 0.657. The summed E-state index contributed by atoms with van der Waals surface area (Å²) < 4.78 is 0. The highest BCUT2D eigenvalue weighted by Gasteiger charge is 2.27. The summed E-state index contributed by atoms with van der Waals surface area (Å²) in [7, 11) is 0. The second kappa shape index (κ2) is 10.9. The summed E-state index contributed by atoms with van der Waals surface area (Å²) in [4.78, 5) is 2.71. The molecule has 1 heterocycles. The lowest BCUT2D eigenvalue weighted by Gasteiger charge is -2.36. The Morgan fingerprint density at radius 1 is 0.966 bits per heavy atom. The first-order chi connectivity index (χ1) is 14.2. The van der Waals surface area contributed by atoms with Crippen LogP contribution in [0.25, 0.3) is 0 Å². The number of nitrogens with two attached hydrogens (primary N) is 1. The van der Waals surface area contributed by atoms with Crippen molar-refractivity contribution in [2.45, 2.75) is 71.3 Å². The van der Waals surface area contributed by atoms with Crippen LogP contribution in [0.2, 0.25) is 0 Å². The molecule has 2 aromatic carbocycles. The van der Waals surface area contributed by atoms with E-state index in [-0.39, 0.29) is 0 Å². The van der Waals surface area contributed by atoms with E-state index in [1.165, 1.54) is 62.9 Å². The molecule has 0 aromatic heterocycles. The van der Waals surface area contributed by atoms with Crippen LogP contribution in [0, 0.1) is 5.92 Å². The third-order valence-electron chi connectivity index (χ3n) is 7.10. The van der Waals surface area contributed by atoms with E-state index < -0.39 is 0 Å². The Morgan fingerprint density at radius 3 is 2.38 bits per heavy atom. The predicted octanol–water partition coefficient (Wildman–Crippen LogP) is 6.11. The zero-order valence-corrected chi connectivity index (χ0v) is 18.7. The topological polar surface area (TPSA) is 29.3 Å². The number of hydrogen-bond acceptors (Lipinski definition) is 2. The molecule has 29 heavy (non-hydrogen) atoms. The maximum atomic E-state index is 5.82. The van der Waals surface area contributed by atoms with Gasteiger partial charge in [0.2, 0.25) is 0 Å². The Bertz CT molecular complexity index is 731. The molecule has 2 atom stereocenters. The largest absolute Gasteiger partial charge is 0.326 e. The van der Waals surface area contributed by atoms with E-state index in [9.17, 15) is 0 Å². The van der Waals surface area contributed by atoms with Gasteiger partial charge in [-0.05, 0) is 91.7 Å². The fraction of sp³-hybridized carbons (Fsp3) is 0.556. The summed E-state index contributed by atoms with van der Waals surface area (Å²) in [6.45, 7) is 10.9. The van der Waals surface area contributed by atoms with Crippen molar-refractivity contribution in [2.24, 2.45) is 11.7 Å². The van der Waals surface area contributed by atoms with E-state index in [1.54, 1.807) is 11.1 Å². The highest BCUT2D eigenvalue weighted by molar-refractivity contribution is 5.36. The van der Waals surface area contributed by atoms with Gasteiger partial charge in [0.15, 0.2) is 0 Å². The number of nitrogens with zero attached hydrogens (tertiary/aromatic N) is 1. The van der Waals surface area contributed by atoms with Gasteiger partial charge in [0.05, 0.1) is 0 Å². The summed E-state index contributed by atoms with van der Waals surface area (Å²) in [5.74, 6) is 2.27. The van der Waals surface area contributed by atoms with Gasteiger partial charge in [0.1, 0.15) is 0 Å². The molecule has 2 unspecified atom stereocenters. The van der Waals surface area contributed by atoms with E-state index in [2.05, 4.69) is 60.4 Å². The fourth-order valence-corrected chi connectivity index (χ4v) is 5.25. The van der Waals surface area contributed by atoms with E-state index in [0.717, 1.165) is 11.8 Å². The van der Waals surface area contributed by atoms with Gasteiger partial charge in [-0.15, -0.1) is 0 Å². The van der Waals surface area contributed by atoms with Crippen molar-refractivity contribution in [3.8, 4) is 0 Å². The molecule has 0 spiro atoms. The first-order valence-corrected chi connectivity index (χ1v) is 11.8. The molecule has 2 nitrogen and oxygen atoms in total. The Hall–Kier alpha value is -1.64. The second-order valence-corrected chi connectivity index (χ2v) is 8.64. The third kappa shape index (κ3) is 5.49. The summed E-state index contributed by atoms with van der Waals surface area (Å²) in [6.07, 6.45) is 6.54. The smallest absolute Gasteiger partial charge is 0.0178 e. The zero-order chi connectivity index (χ0) is 20.6. The van der Waals surface area contributed by atoms with Crippen LogP contribution in [-0.4, -0.2) is 24.5 Å². The van der Waals surface area contributed by atoms with Crippen molar-refractivity contribution in [1.29, 1.82) is 0 Å². The second-order valence-electron chi connectivity index (χ2n) is 8.64. The summed E-state index contributed by atoms with van der Waals surface area (Å²) in [5, 5.41) is 0. The Labute approximate surface area is 178 Å². The molecule has 2 N–H and O–H groups in total. The van der Waals surface area contributed by atoms with Gasteiger partial charge in [-0.25, -0.2) is 0 Å². The quantitative estimate of drug-likeness (QED) is 0.665. The molecule has 0 radical (unpaired) electrons. The van der Waals surface area contributed by atoms with Crippen LogP contribution in [0.3, 0.4) is 0 Å². The summed E-state index contributed by atoms with van der Waals surface area (Å²) in [6, 6.07) is 18.0. The fourth-order valence-electron chi connectivity index (χ4n) is 5.25. The normalized spacial score (nSPS) is 22.5. The maximum absolute atomic E-state index is 5.82. The number of rotatable bonds is 5. The maximum Gasteiger partial charge on any atom is 0.0178 e. The summed E-state index contributed by atoms with van der Waals surface area (Å²) >= 11 is 0. The first-order valence-electron chi connectivity index (χ1n) is 11.8. The van der Waals surface area contributed by atoms with Crippen molar-refractivity contribution in [3.63, 3.8) is 0 Å². The number of hydrogen-bond donors (Lipinski definition) is 1. The highest BCUT2D eigenvalue weighted by atomic mass is 15.1. The lowest BCUT2D eigenvalue weighted by molar-refractivity contribution is 0.190. The van der Waals surface area contributed by atoms with Gasteiger partial charge in [-0.3, -0.25) is 0 Å². The molecule has 0 saturated carbocycles. The molecule has 2 heteroatoms. The number of piperidine rings is 1. The first kappa shape index (κ1) is 22.1. The molecule has 2 aromatic rings. The van der Waals surface area contributed by atoms with Crippen molar-refractivity contribution in [3.05, 3.63) is 70.8 Å². The number of benzene rings is 2. The molecular formula is C27H40N2. The Balaban J connectivity index is 0.00000117. The number of likely N-dealkylation sites (tertiary alicyclic amines) is 1. The van der Waals surface area contributed by atoms with Crippen LogP contribution < -0.4 is 5.73 Å². The summed E-state index contributed by atoms with van der Waals surface area (Å²) in [5.41, 5.74) is 11.8. The van der Waals surface area contributed by atoms with Crippen molar-refractivity contribution in [2.75, 3.05) is 19.6 Å². The van der Waals surface area contributed by atoms with Crippen molar-refractivity contribution >= 4 is 0 Å².